The Morgan fingerprint density at radius 2 is 2.20 bits per heavy atom. The van der Waals surface area contributed by atoms with Gasteiger partial charge in [-0.2, -0.15) is 0 Å². The summed E-state index contributed by atoms with van der Waals surface area (Å²) in [5, 5.41) is 3.34. The molecule has 1 amide bonds. The fourth-order valence-corrected chi connectivity index (χ4v) is 1.75. The summed E-state index contributed by atoms with van der Waals surface area (Å²) in [5.41, 5.74) is 0.958. The number of rotatable bonds is 4. The highest BCUT2D eigenvalue weighted by Gasteiger charge is 2.08. The minimum Gasteiger partial charge on any atom is -0.369 e. The van der Waals surface area contributed by atoms with Crippen molar-refractivity contribution in [1.29, 1.82) is 0 Å². The highest BCUT2D eigenvalue weighted by atomic mass is 32.1. The first-order valence-electron chi connectivity index (χ1n) is 4.84. The molecule has 5 heteroatoms. The van der Waals surface area contributed by atoms with Gasteiger partial charge in [0.15, 0.2) is 5.13 Å². The molecular formula is C10H16N2O2S. The van der Waals surface area contributed by atoms with Gasteiger partial charge in [0.1, 0.15) is 6.61 Å². The summed E-state index contributed by atoms with van der Waals surface area (Å²) >= 11 is 1.48. The standard InChI is InChI=1S/C10H16N2O2S/c1-6(2)14-5-9(13)12-10-11-7(3)8(4)15-10/h6H,5H2,1-4H3,(H,11,12,13). The number of anilines is 1. The van der Waals surface area contributed by atoms with Crippen molar-refractivity contribution in [2.45, 2.75) is 33.8 Å². The second kappa shape index (κ2) is 5.23. The Morgan fingerprint density at radius 3 is 2.67 bits per heavy atom. The lowest BCUT2D eigenvalue weighted by molar-refractivity contribution is -0.121. The van der Waals surface area contributed by atoms with Crippen LogP contribution in [0.4, 0.5) is 5.13 Å². The molecule has 0 spiro atoms. The second-order valence-corrected chi connectivity index (χ2v) is 4.77. The van der Waals surface area contributed by atoms with Crippen LogP contribution in [0, 0.1) is 13.8 Å². The van der Waals surface area contributed by atoms with Gasteiger partial charge in [-0.05, 0) is 27.7 Å². The van der Waals surface area contributed by atoms with Crippen LogP contribution >= 0.6 is 11.3 Å². The molecule has 0 aliphatic rings. The Morgan fingerprint density at radius 1 is 1.53 bits per heavy atom. The average molecular weight is 228 g/mol. The summed E-state index contributed by atoms with van der Waals surface area (Å²) in [5.74, 6) is -0.155. The lowest BCUT2D eigenvalue weighted by Crippen LogP contribution is -2.20. The maximum atomic E-state index is 11.4. The van der Waals surface area contributed by atoms with Crippen LogP contribution in [0.15, 0.2) is 0 Å². The molecular weight excluding hydrogens is 212 g/mol. The number of aromatic nitrogens is 1. The Bertz CT molecular complexity index is 328. The minimum absolute atomic E-state index is 0.0653. The molecule has 1 aromatic heterocycles. The van der Waals surface area contributed by atoms with E-state index < -0.39 is 0 Å². The Kier molecular flexibility index (Phi) is 4.23. The third kappa shape index (κ3) is 3.97. The van der Waals surface area contributed by atoms with Crippen LogP contribution in [0.1, 0.15) is 24.4 Å². The molecule has 1 heterocycles. The Labute approximate surface area is 93.7 Å². The van der Waals surface area contributed by atoms with Gasteiger partial charge in [0.25, 0.3) is 5.91 Å². The van der Waals surface area contributed by atoms with Crippen LogP contribution in [0.2, 0.25) is 0 Å². The van der Waals surface area contributed by atoms with Crippen molar-refractivity contribution in [3.05, 3.63) is 10.6 Å². The van der Waals surface area contributed by atoms with Crippen LogP contribution < -0.4 is 5.32 Å². The third-order valence-corrected chi connectivity index (χ3v) is 2.81. The molecule has 4 nitrogen and oxygen atoms in total. The maximum absolute atomic E-state index is 11.4. The molecule has 0 aromatic carbocycles. The van der Waals surface area contributed by atoms with Gasteiger partial charge >= 0.3 is 0 Å². The van der Waals surface area contributed by atoms with E-state index in [0.717, 1.165) is 10.6 Å². The fraction of sp³-hybridized carbons (Fsp3) is 0.600. The van der Waals surface area contributed by atoms with Crippen LogP contribution in [-0.2, 0) is 9.53 Å². The molecule has 84 valence electrons. The molecule has 0 fully saturated rings. The highest BCUT2D eigenvalue weighted by Crippen LogP contribution is 2.20. The van der Waals surface area contributed by atoms with Gasteiger partial charge in [0.2, 0.25) is 0 Å². The molecule has 0 saturated heterocycles. The molecule has 0 bridgehead atoms. The molecule has 0 aliphatic heterocycles. The van der Waals surface area contributed by atoms with Gasteiger partial charge in [-0.25, -0.2) is 4.98 Å². The van der Waals surface area contributed by atoms with Crippen molar-refractivity contribution < 1.29 is 9.53 Å². The number of carbonyl (C=O) groups excluding carboxylic acids is 1. The van der Waals surface area contributed by atoms with Crippen molar-refractivity contribution in [1.82, 2.24) is 4.98 Å². The fourth-order valence-electron chi connectivity index (χ4n) is 0.924. The first kappa shape index (κ1) is 12.1. The van der Waals surface area contributed by atoms with Crippen molar-refractivity contribution in [3.8, 4) is 0 Å². The van der Waals surface area contributed by atoms with Gasteiger partial charge in [-0.1, -0.05) is 0 Å². The topological polar surface area (TPSA) is 51.2 Å². The SMILES string of the molecule is Cc1nc(NC(=O)COC(C)C)sc1C. The first-order chi connectivity index (χ1) is 6.99. The summed E-state index contributed by atoms with van der Waals surface area (Å²) < 4.78 is 5.18. The number of aryl methyl sites for hydroxylation is 2. The van der Waals surface area contributed by atoms with Crippen LogP contribution in [0.25, 0.3) is 0 Å². The summed E-state index contributed by atoms with van der Waals surface area (Å²) in [7, 11) is 0. The van der Waals surface area contributed by atoms with Crippen LogP contribution in [-0.4, -0.2) is 23.6 Å². The number of nitrogens with one attached hydrogen (secondary N) is 1. The molecule has 1 aromatic rings. The summed E-state index contributed by atoms with van der Waals surface area (Å²) in [6.07, 6.45) is 0.0653. The molecule has 1 N–H and O–H groups in total. The smallest absolute Gasteiger partial charge is 0.252 e. The lowest BCUT2D eigenvalue weighted by Gasteiger charge is -2.06. The number of hydrogen-bond acceptors (Lipinski definition) is 4. The van der Waals surface area contributed by atoms with E-state index in [4.69, 9.17) is 4.74 Å². The predicted octanol–water partition coefficient (Wildman–Crippen LogP) is 2.12. The van der Waals surface area contributed by atoms with E-state index in [2.05, 4.69) is 10.3 Å². The summed E-state index contributed by atoms with van der Waals surface area (Å²) in [4.78, 5) is 16.7. The number of carbonyl (C=O) groups is 1. The molecule has 15 heavy (non-hydrogen) atoms. The Balaban J connectivity index is 2.44. The van der Waals surface area contributed by atoms with Crippen LogP contribution in [0.3, 0.4) is 0 Å². The number of amides is 1. The van der Waals surface area contributed by atoms with Crippen molar-refractivity contribution in [2.75, 3.05) is 11.9 Å². The molecule has 0 aliphatic carbocycles. The van der Waals surface area contributed by atoms with Gasteiger partial charge in [0.05, 0.1) is 11.8 Å². The zero-order chi connectivity index (χ0) is 11.4. The van der Waals surface area contributed by atoms with E-state index in [1.165, 1.54) is 11.3 Å². The molecule has 0 atom stereocenters. The van der Waals surface area contributed by atoms with Gasteiger partial charge in [0, 0.05) is 4.88 Å². The molecule has 1 rings (SSSR count). The maximum Gasteiger partial charge on any atom is 0.252 e. The van der Waals surface area contributed by atoms with E-state index in [1.807, 2.05) is 27.7 Å². The van der Waals surface area contributed by atoms with Crippen LogP contribution in [0.5, 0.6) is 0 Å². The minimum atomic E-state index is -0.155. The summed E-state index contributed by atoms with van der Waals surface area (Å²) in [6, 6.07) is 0. The van der Waals surface area contributed by atoms with Crippen molar-refractivity contribution in [2.24, 2.45) is 0 Å². The second-order valence-electron chi connectivity index (χ2n) is 3.57. The van der Waals surface area contributed by atoms with Gasteiger partial charge in [-0.3, -0.25) is 10.1 Å². The Hall–Kier alpha value is -0.940. The monoisotopic (exact) mass is 228 g/mol. The van der Waals surface area contributed by atoms with Crippen molar-refractivity contribution in [3.63, 3.8) is 0 Å². The number of ether oxygens (including phenoxy) is 1. The molecule has 0 unspecified atom stereocenters. The average Bonchev–Trinajstić information content (AvgIpc) is 2.42. The van der Waals surface area contributed by atoms with E-state index >= 15 is 0 Å². The first-order valence-corrected chi connectivity index (χ1v) is 5.66. The number of hydrogen-bond donors (Lipinski definition) is 1. The predicted molar refractivity (Wildman–Crippen MR) is 61.3 cm³/mol. The quantitative estimate of drug-likeness (QED) is 0.858. The summed E-state index contributed by atoms with van der Waals surface area (Å²) in [6.45, 7) is 7.77. The van der Waals surface area contributed by atoms with E-state index in [1.54, 1.807) is 0 Å². The lowest BCUT2D eigenvalue weighted by atomic mass is 10.4. The molecule has 0 radical (unpaired) electrons. The normalized spacial score (nSPS) is 10.7. The van der Waals surface area contributed by atoms with E-state index in [-0.39, 0.29) is 18.6 Å². The molecule has 0 saturated carbocycles. The van der Waals surface area contributed by atoms with E-state index in [9.17, 15) is 4.79 Å². The van der Waals surface area contributed by atoms with E-state index in [0.29, 0.717) is 5.13 Å². The largest absolute Gasteiger partial charge is 0.369 e. The van der Waals surface area contributed by atoms with Gasteiger partial charge < -0.3 is 4.74 Å². The van der Waals surface area contributed by atoms with Gasteiger partial charge in [-0.15, -0.1) is 11.3 Å². The highest BCUT2D eigenvalue weighted by molar-refractivity contribution is 7.15. The number of nitrogens with zero attached hydrogens (tertiary/aromatic N) is 1. The van der Waals surface area contributed by atoms with Crippen molar-refractivity contribution >= 4 is 22.4 Å². The third-order valence-electron chi connectivity index (χ3n) is 1.82. The zero-order valence-corrected chi connectivity index (χ0v) is 10.3. The number of thiazole rings is 1. The zero-order valence-electron chi connectivity index (χ0n) is 9.46.